The van der Waals surface area contributed by atoms with Crippen molar-refractivity contribution in [1.29, 1.82) is 0 Å². The average molecular weight is 367 g/mol. The summed E-state index contributed by atoms with van der Waals surface area (Å²) in [6.45, 7) is 2.58. The topological polar surface area (TPSA) is 52.6 Å². The molecule has 0 atom stereocenters. The number of unbranched alkanes of at least 4 members (excludes halogenated alkanes) is 4. The van der Waals surface area contributed by atoms with E-state index in [4.69, 9.17) is 32.7 Å². The van der Waals surface area contributed by atoms with Crippen LogP contribution >= 0.6 is 23.2 Å². The first-order chi connectivity index (χ1) is 11.1. The molecule has 0 amide bonds. The SMILES string of the molecule is CCCCC/C=C/CCCOC(=O)CCCC(=O)OCC(Cl)Cl. The molecule has 0 aromatic heterocycles. The van der Waals surface area contributed by atoms with E-state index < -0.39 is 10.8 Å². The van der Waals surface area contributed by atoms with Gasteiger partial charge in [-0.15, -0.1) is 23.2 Å². The molecule has 0 aliphatic heterocycles. The Morgan fingerprint density at radius 3 is 2.13 bits per heavy atom. The first-order valence-electron chi connectivity index (χ1n) is 8.30. The zero-order valence-electron chi connectivity index (χ0n) is 13.9. The fourth-order valence-electron chi connectivity index (χ4n) is 1.81. The van der Waals surface area contributed by atoms with Gasteiger partial charge in [-0.3, -0.25) is 9.59 Å². The maximum atomic E-state index is 11.5. The van der Waals surface area contributed by atoms with Gasteiger partial charge in [0.15, 0.2) is 0 Å². The second-order valence-electron chi connectivity index (χ2n) is 5.26. The van der Waals surface area contributed by atoms with Gasteiger partial charge in [0.05, 0.1) is 6.61 Å². The molecule has 0 N–H and O–H groups in total. The van der Waals surface area contributed by atoms with Crippen LogP contribution in [-0.2, 0) is 19.1 Å². The minimum Gasteiger partial charge on any atom is -0.466 e. The second kappa shape index (κ2) is 16.1. The van der Waals surface area contributed by atoms with Crippen molar-refractivity contribution in [2.45, 2.75) is 69.5 Å². The van der Waals surface area contributed by atoms with E-state index in [1.807, 2.05) is 0 Å². The maximum absolute atomic E-state index is 11.5. The zero-order valence-corrected chi connectivity index (χ0v) is 15.4. The molecule has 0 aromatic carbocycles. The minimum absolute atomic E-state index is 0.0294. The summed E-state index contributed by atoms with van der Waals surface area (Å²) in [5.41, 5.74) is 0. The van der Waals surface area contributed by atoms with Crippen molar-refractivity contribution >= 4 is 35.1 Å². The van der Waals surface area contributed by atoms with Crippen molar-refractivity contribution in [2.24, 2.45) is 0 Å². The second-order valence-corrected chi connectivity index (χ2v) is 6.53. The van der Waals surface area contributed by atoms with E-state index in [0.29, 0.717) is 13.0 Å². The summed E-state index contributed by atoms with van der Waals surface area (Å²) in [5.74, 6) is -0.686. The Morgan fingerprint density at radius 1 is 0.913 bits per heavy atom. The van der Waals surface area contributed by atoms with Crippen LogP contribution in [0.5, 0.6) is 0 Å². The van der Waals surface area contributed by atoms with Gasteiger partial charge in [-0.25, -0.2) is 0 Å². The normalized spacial score (nSPS) is 11.1. The number of alkyl halides is 2. The van der Waals surface area contributed by atoms with Crippen molar-refractivity contribution in [1.82, 2.24) is 0 Å². The van der Waals surface area contributed by atoms with E-state index in [-0.39, 0.29) is 25.4 Å². The third-order valence-corrected chi connectivity index (χ3v) is 3.30. The summed E-state index contributed by atoms with van der Waals surface area (Å²) in [4.78, 5) is 22.0. The van der Waals surface area contributed by atoms with Gasteiger partial charge in [-0.2, -0.15) is 0 Å². The predicted octanol–water partition coefficient (Wildman–Crippen LogP) is 4.96. The molecule has 0 aliphatic carbocycles. The number of rotatable bonds is 14. The van der Waals surface area contributed by atoms with E-state index >= 15 is 0 Å². The fraction of sp³-hybridized carbons (Fsp3) is 0.765. The van der Waals surface area contributed by atoms with Gasteiger partial charge in [-0.05, 0) is 32.1 Å². The van der Waals surface area contributed by atoms with Gasteiger partial charge in [0.1, 0.15) is 11.4 Å². The lowest BCUT2D eigenvalue weighted by atomic mass is 10.2. The van der Waals surface area contributed by atoms with Crippen LogP contribution in [0.25, 0.3) is 0 Å². The Kier molecular flexibility index (Phi) is 15.6. The van der Waals surface area contributed by atoms with Gasteiger partial charge >= 0.3 is 11.9 Å². The Morgan fingerprint density at radius 2 is 1.52 bits per heavy atom. The summed E-state index contributed by atoms with van der Waals surface area (Å²) < 4.78 is 9.88. The highest BCUT2D eigenvalue weighted by Gasteiger charge is 2.08. The predicted molar refractivity (Wildman–Crippen MR) is 93.8 cm³/mol. The fourth-order valence-corrected chi connectivity index (χ4v) is 1.94. The van der Waals surface area contributed by atoms with Gasteiger partial charge in [-0.1, -0.05) is 31.9 Å². The zero-order chi connectivity index (χ0) is 17.3. The molecule has 134 valence electrons. The van der Waals surface area contributed by atoms with E-state index in [1.165, 1.54) is 19.3 Å². The van der Waals surface area contributed by atoms with Crippen LogP contribution in [-0.4, -0.2) is 30.0 Å². The molecule has 0 heterocycles. The molecule has 0 saturated carbocycles. The van der Waals surface area contributed by atoms with Crippen molar-refractivity contribution in [3.05, 3.63) is 12.2 Å². The minimum atomic E-state index is -0.718. The average Bonchev–Trinajstić information content (AvgIpc) is 2.51. The van der Waals surface area contributed by atoms with Crippen molar-refractivity contribution in [2.75, 3.05) is 13.2 Å². The highest BCUT2D eigenvalue weighted by atomic mass is 35.5. The van der Waals surface area contributed by atoms with Crippen molar-refractivity contribution in [3.63, 3.8) is 0 Å². The highest BCUT2D eigenvalue weighted by molar-refractivity contribution is 6.44. The molecular formula is C17H28Cl2O4. The van der Waals surface area contributed by atoms with Crippen LogP contribution < -0.4 is 0 Å². The third-order valence-electron chi connectivity index (χ3n) is 3.05. The van der Waals surface area contributed by atoms with Crippen LogP contribution in [0.2, 0.25) is 0 Å². The Labute approximate surface area is 149 Å². The molecule has 0 spiro atoms. The number of halogens is 2. The number of ether oxygens (including phenoxy) is 2. The molecule has 0 rings (SSSR count). The summed E-state index contributed by atoms with van der Waals surface area (Å²) >= 11 is 10.9. The molecule has 0 unspecified atom stereocenters. The molecule has 4 nitrogen and oxygen atoms in total. The van der Waals surface area contributed by atoms with Crippen LogP contribution in [0.4, 0.5) is 0 Å². The monoisotopic (exact) mass is 366 g/mol. The van der Waals surface area contributed by atoms with Gasteiger partial charge in [0.25, 0.3) is 0 Å². The molecule has 0 aromatic rings. The summed E-state index contributed by atoms with van der Waals surface area (Å²) in [5, 5.41) is 0. The molecular weight excluding hydrogens is 339 g/mol. The van der Waals surface area contributed by atoms with E-state index in [1.54, 1.807) is 0 Å². The van der Waals surface area contributed by atoms with Gasteiger partial charge in [0.2, 0.25) is 0 Å². The van der Waals surface area contributed by atoms with E-state index in [0.717, 1.165) is 19.3 Å². The largest absolute Gasteiger partial charge is 0.466 e. The number of carbonyl (C=O) groups excluding carboxylic acids is 2. The molecule has 0 fully saturated rings. The highest BCUT2D eigenvalue weighted by Crippen LogP contribution is 2.05. The quantitative estimate of drug-likeness (QED) is 0.188. The molecule has 0 aliphatic rings. The molecule has 0 radical (unpaired) electrons. The smallest absolute Gasteiger partial charge is 0.305 e. The van der Waals surface area contributed by atoms with Crippen molar-refractivity contribution < 1.29 is 19.1 Å². The standard InChI is InChI=1S/C17H28Cl2O4/c1-2-3-4-5-6-7-8-9-13-22-16(20)11-10-12-17(21)23-14-15(18)19/h6-7,15H,2-5,8-14H2,1H3/b7-6+. The van der Waals surface area contributed by atoms with Crippen molar-refractivity contribution in [3.8, 4) is 0 Å². The van der Waals surface area contributed by atoms with Crippen LogP contribution in [0.15, 0.2) is 12.2 Å². The van der Waals surface area contributed by atoms with Gasteiger partial charge in [0, 0.05) is 12.8 Å². The van der Waals surface area contributed by atoms with Crippen LogP contribution in [0.1, 0.15) is 64.7 Å². The van der Waals surface area contributed by atoms with E-state index in [2.05, 4.69) is 19.1 Å². The Balaban J connectivity index is 3.42. The Hall–Kier alpha value is -0.740. The molecule has 6 heteroatoms. The number of allylic oxidation sites excluding steroid dienone is 2. The molecule has 0 saturated heterocycles. The van der Waals surface area contributed by atoms with Gasteiger partial charge < -0.3 is 9.47 Å². The summed E-state index contributed by atoms with van der Waals surface area (Å²) in [7, 11) is 0. The number of carbonyl (C=O) groups is 2. The summed E-state index contributed by atoms with van der Waals surface area (Å²) in [6, 6.07) is 0. The number of hydrogen-bond donors (Lipinski definition) is 0. The summed E-state index contributed by atoms with van der Waals surface area (Å²) in [6.07, 6.45) is 11.7. The lowest BCUT2D eigenvalue weighted by Crippen LogP contribution is -2.11. The number of hydrogen-bond acceptors (Lipinski definition) is 4. The first kappa shape index (κ1) is 22.3. The van der Waals surface area contributed by atoms with Crippen LogP contribution in [0, 0.1) is 0 Å². The lowest BCUT2D eigenvalue weighted by molar-refractivity contribution is -0.145. The lowest BCUT2D eigenvalue weighted by Gasteiger charge is -2.05. The maximum Gasteiger partial charge on any atom is 0.305 e. The molecule has 23 heavy (non-hydrogen) atoms. The molecule has 0 bridgehead atoms. The number of esters is 2. The van der Waals surface area contributed by atoms with E-state index in [9.17, 15) is 9.59 Å². The van der Waals surface area contributed by atoms with Crippen LogP contribution in [0.3, 0.4) is 0 Å². The Bertz CT molecular complexity index is 343. The first-order valence-corrected chi connectivity index (χ1v) is 9.18. The third kappa shape index (κ3) is 17.4.